The maximum Gasteiger partial charge on any atom is 0.103 e. The molecule has 3 nitrogen and oxygen atoms in total. The lowest BCUT2D eigenvalue weighted by atomic mass is 10.1. The number of aryl methyl sites for hydroxylation is 2. The molecule has 0 unspecified atom stereocenters. The van der Waals surface area contributed by atoms with E-state index in [4.69, 9.17) is 0 Å². The standard InChI is InChI=1S/C15H21N3/c1-4-7-18(10-13-5-6-13)15-8-11(2)17-12(3)14(15)9-16/h8,13H,4-7,10H2,1-3H3. The summed E-state index contributed by atoms with van der Waals surface area (Å²) < 4.78 is 0. The lowest BCUT2D eigenvalue weighted by Gasteiger charge is -2.26. The number of nitriles is 1. The highest BCUT2D eigenvalue weighted by atomic mass is 15.1. The van der Waals surface area contributed by atoms with Gasteiger partial charge in [-0.3, -0.25) is 4.98 Å². The number of anilines is 1. The van der Waals surface area contributed by atoms with Gasteiger partial charge in [0, 0.05) is 18.8 Å². The van der Waals surface area contributed by atoms with Crippen molar-refractivity contribution < 1.29 is 0 Å². The SMILES string of the molecule is CCCN(CC1CC1)c1cc(C)nc(C)c1C#N. The fraction of sp³-hybridized carbons (Fsp3) is 0.600. The molecule has 0 saturated heterocycles. The van der Waals surface area contributed by atoms with E-state index in [2.05, 4.69) is 28.9 Å². The lowest BCUT2D eigenvalue weighted by Crippen LogP contribution is -2.27. The van der Waals surface area contributed by atoms with E-state index >= 15 is 0 Å². The van der Waals surface area contributed by atoms with Crippen LogP contribution in [0.1, 0.15) is 43.1 Å². The van der Waals surface area contributed by atoms with Gasteiger partial charge >= 0.3 is 0 Å². The van der Waals surface area contributed by atoms with Crippen molar-refractivity contribution >= 4 is 5.69 Å². The van der Waals surface area contributed by atoms with Crippen molar-refractivity contribution in [3.05, 3.63) is 23.0 Å². The summed E-state index contributed by atoms with van der Waals surface area (Å²) in [6.45, 7) is 8.22. The average molecular weight is 243 g/mol. The van der Waals surface area contributed by atoms with E-state index in [9.17, 15) is 5.26 Å². The molecular weight excluding hydrogens is 222 g/mol. The summed E-state index contributed by atoms with van der Waals surface area (Å²) in [6.07, 6.45) is 3.79. The molecule has 1 aromatic heterocycles. The normalized spacial score (nSPS) is 14.3. The summed E-state index contributed by atoms with van der Waals surface area (Å²) >= 11 is 0. The van der Waals surface area contributed by atoms with Crippen molar-refractivity contribution in [3.8, 4) is 6.07 Å². The van der Waals surface area contributed by atoms with Crippen LogP contribution in [-0.2, 0) is 0 Å². The van der Waals surface area contributed by atoms with Gasteiger partial charge < -0.3 is 4.90 Å². The first-order valence-corrected chi connectivity index (χ1v) is 6.79. The molecule has 1 heterocycles. The highest BCUT2D eigenvalue weighted by molar-refractivity contribution is 5.61. The minimum Gasteiger partial charge on any atom is -0.370 e. The van der Waals surface area contributed by atoms with Crippen LogP contribution in [-0.4, -0.2) is 18.1 Å². The van der Waals surface area contributed by atoms with Crippen molar-refractivity contribution in [2.45, 2.75) is 40.0 Å². The Balaban J connectivity index is 2.35. The molecule has 1 fully saturated rings. The first kappa shape index (κ1) is 12.9. The molecule has 1 aliphatic rings. The minimum atomic E-state index is 0.745. The van der Waals surface area contributed by atoms with Gasteiger partial charge in [-0.1, -0.05) is 6.92 Å². The number of nitrogens with zero attached hydrogens (tertiary/aromatic N) is 3. The van der Waals surface area contributed by atoms with Crippen molar-refractivity contribution in [1.82, 2.24) is 4.98 Å². The monoisotopic (exact) mass is 243 g/mol. The summed E-state index contributed by atoms with van der Waals surface area (Å²) in [4.78, 5) is 6.77. The molecule has 0 aromatic carbocycles. The molecule has 0 spiro atoms. The zero-order valence-electron chi connectivity index (χ0n) is 11.5. The Hall–Kier alpha value is -1.56. The van der Waals surface area contributed by atoms with Gasteiger partial charge in [-0.15, -0.1) is 0 Å². The third-order valence-electron chi connectivity index (χ3n) is 3.43. The summed E-state index contributed by atoms with van der Waals surface area (Å²) in [5.74, 6) is 0.830. The van der Waals surface area contributed by atoms with E-state index in [0.29, 0.717) is 0 Å². The van der Waals surface area contributed by atoms with Gasteiger partial charge in [-0.25, -0.2) is 0 Å². The Morgan fingerprint density at radius 3 is 2.72 bits per heavy atom. The van der Waals surface area contributed by atoms with Crippen molar-refractivity contribution in [2.24, 2.45) is 5.92 Å². The van der Waals surface area contributed by atoms with Crippen LogP contribution in [0, 0.1) is 31.1 Å². The topological polar surface area (TPSA) is 39.9 Å². The zero-order valence-corrected chi connectivity index (χ0v) is 11.5. The van der Waals surface area contributed by atoms with Gasteiger partial charge in [0.25, 0.3) is 0 Å². The molecule has 2 rings (SSSR count). The number of rotatable bonds is 5. The second kappa shape index (κ2) is 5.39. The Morgan fingerprint density at radius 1 is 1.44 bits per heavy atom. The summed E-state index contributed by atoms with van der Waals surface area (Å²) in [5, 5.41) is 9.34. The summed E-state index contributed by atoms with van der Waals surface area (Å²) in [7, 11) is 0. The quantitative estimate of drug-likeness (QED) is 0.797. The molecule has 0 amide bonds. The summed E-state index contributed by atoms with van der Waals surface area (Å²) in [6, 6.07) is 4.38. The molecule has 96 valence electrons. The number of pyridine rings is 1. The highest BCUT2D eigenvalue weighted by Crippen LogP contribution is 2.33. The van der Waals surface area contributed by atoms with E-state index in [-0.39, 0.29) is 0 Å². The molecule has 1 aromatic rings. The number of aromatic nitrogens is 1. The van der Waals surface area contributed by atoms with Crippen LogP contribution in [0.4, 0.5) is 5.69 Å². The van der Waals surface area contributed by atoms with E-state index < -0.39 is 0 Å². The van der Waals surface area contributed by atoms with E-state index in [1.165, 1.54) is 12.8 Å². The Bertz CT molecular complexity index is 469. The van der Waals surface area contributed by atoms with Gasteiger partial charge in [0.1, 0.15) is 6.07 Å². The molecule has 0 atom stereocenters. The van der Waals surface area contributed by atoms with Crippen LogP contribution in [0.5, 0.6) is 0 Å². The van der Waals surface area contributed by atoms with Gasteiger partial charge in [-0.05, 0) is 45.1 Å². The second-order valence-corrected chi connectivity index (χ2v) is 5.24. The molecule has 1 aliphatic carbocycles. The van der Waals surface area contributed by atoms with Gasteiger partial charge in [0.15, 0.2) is 0 Å². The van der Waals surface area contributed by atoms with E-state index in [1.54, 1.807) is 0 Å². The first-order valence-electron chi connectivity index (χ1n) is 6.79. The fourth-order valence-electron chi connectivity index (χ4n) is 2.39. The number of hydrogen-bond donors (Lipinski definition) is 0. The molecule has 0 bridgehead atoms. The predicted octanol–water partition coefficient (Wildman–Crippen LogP) is 3.20. The Labute approximate surface area is 109 Å². The maximum absolute atomic E-state index is 9.34. The average Bonchev–Trinajstić information content (AvgIpc) is 3.11. The molecular formula is C15H21N3. The first-order chi connectivity index (χ1) is 8.65. The third kappa shape index (κ3) is 2.81. The molecule has 18 heavy (non-hydrogen) atoms. The molecule has 3 heteroatoms. The second-order valence-electron chi connectivity index (χ2n) is 5.24. The van der Waals surface area contributed by atoms with Crippen LogP contribution >= 0.6 is 0 Å². The zero-order chi connectivity index (χ0) is 13.1. The smallest absolute Gasteiger partial charge is 0.103 e. The summed E-state index contributed by atoms with van der Waals surface area (Å²) in [5.41, 5.74) is 3.67. The van der Waals surface area contributed by atoms with Crippen molar-refractivity contribution in [1.29, 1.82) is 5.26 Å². The van der Waals surface area contributed by atoms with Crippen LogP contribution in [0.2, 0.25) is 0 Å². The highest BCUT2D eigenvalue weighted by Gasteiger charge is 2.25. The van der Waals surface area contributed by atoms with Crippen LogP contribution in [0.25, 0.3) is 0 Å². The predicted molar refractivity (Wildman–Crippen MR) is 73.7 cm³/mol. The van der Waals surface area contributed by atoms with Crippen LogP contribution < -0.4 is 4.90 Å². The van der Waals surface area contributed by atoms with Crippen LogP contribution in [0.3, 0.4) is 0 Å². The minimum absolute atomic E-state index is 0.745. The van der Waals surface area contributed by atoms with E-state index in [1.807, 2.05) is 13.8 Å². The largest absolute Gasteiger partial charge is 0.370 e. The molecule has 0 radical (unpaired) electrons. The van der Waals surface area contributed by atoms with Crippen molar-refractivity contribution in [2.75, 3.05) is 18.0 Å². The Morgan fingerprint density at radius 2 is 2.17 bits per heavy atom. The van der Waals surface area contributed by atoms with Gasteiger partial charge in [0.05, 0.1) is 16.9 Å². The number of hydrogen-bond acceptors (Lipinski definition) is 3. The lowest BCUT2D eigenvalue weighted by molar-refractivity contribution is 0.706. The van der Waals surface area contributed by atoms with Crippen molar-refractivity contribution in [3.63, 3.8) is 0 Å². The molecule has 1 saturated carbocycles. The molecule has 0 N–H and O–H groups in total. The third-order valence-corrected chi connectivity index (χ3v) is 3.43. The van der Waals surface area contributed by atoms with Crippen LogP contribution in [0.15, 0.2) is 6.07 Å². The maximum atomic E-state index is 9.34. The van der Waals surface area contributed by atoms with Gasteiger partial charge in [-0.2, -0.15) is 5.26 Å². The fourth-order valence-corrected chi connectivity index (χ4v) is 2.39. The Kier molecular flexibility index (Phi) is 3.86. The van der Waals surface area contributed by atoms with E-state index in [0.717, 1.165) is 48.1 Å². The van der Waals surface area contributed by atoms with Gasteiger partial charge in [0.2, 0.25) is 0 Å². The molecule has 0 aliphatic heterocycles.